The number of nitrogens with zero attached hydrogens (tertiary/aromatic N) is 2. The van der Waals surface area contributed by atoms with Crippen LogP contribution >= 0.6 is 0 Å². The Bertz CT molecular complexity index is 1130. The molecule has 2 aromatic carbocycles. The molecule has 2 aromatic rings. The van der Waals surface area contributed by atoms with E-state index in [4.69, 9.17) is 0 Å². The fourth-order valence-corrected chi connectivity index (χ4v) is 9.29. The van der Waals surface area contributed by atoms with Gasteiger partial charge >= 0.3 is 0 Å². The molecule has 4 saturated carbocycles. The Morgan fingerprint density at radius 3 is 1.97 bits per heavy atom. The molecule has 0 unspecified atom stereocenters. The van der Waals surface area contributed by atoms with Gasteiger partial charge in [0.2, 0.25) is 15.9 Å². The van der Waals surface area contributed by atoms with E-state index in [0.29, 0.717) is 42.9 Å². The van der Waals surface area contributed by atoms with Gasteiger partial charge in [-0.15, -0.1) is 0 Å². The molecule has 5 fully saturated rings. The van der Waals surface area contributed by atoms with Gasteiger partial charge in [-0.3, -0.25) is 4.79 Å². The summed E-state index contributed by atoms with van der Waals surface area (Å²) in [7, 11) is -3.51. The smallest absolute Gasteiger partial charge is 0.243 e. The van der Waals surface area contributed by atoms with E-state index >= 15 is 0 Å². The maximum Gasteiger partial charge on any atom is 0.243 e. The molecular weight excluding hydrogens is 432 g/mol. The number of rotatable bonds is 4. The van der Waals surface area contributed by atoms with Crippen molar-refractivity contribution in [3.63, 3.8) is 0 Å². The van der Waals surface area contributed by atoms with Crippen LogP contribution in [0.4, 0.5) is 0 Å². The van der Waals surface area contributed by atoms with Crippen molar-refractivity contribution in [2.75, 3.05) is 26.2 Å². The van der Waals surface area contributed by atoms with E-state index in [1.54, 1.807) is 24.3 Å². The Morgan fingerprint density at radius 2 is 1.36 bits per heavy atom. The molecule has 0 radical (unpaired) electrons. The lowest BCUT2D eigenvalue weighted by Gasteiger charge is -2.62. The molecule has 7 rings (SSSR count). The lowest BCUT2D eigenvalue weighted by Crippen LogP contribution is -2.61. The van der Waals surface area contributed by atoms with E-state index < -0.39 is 10.0 Å². The summed E-state index contributed by atoms with van der Waals surface area (Å²) >= 11 is 0. The molecule has 0 aromatic heterocycles. The van der Waals surface area contributed by atoms with Crippen molar-refractivity contribution in [2.24, 2.45) is 17.3 Å². The molecule has 1 aliphatic heterocycles. The molecule has 4 bridgehead atoms. The molecule has 5 aliphatic rings. The molecular formula is C27H32N2O3S. The monoisotopic (exact) mass is 464 g/mol. The Labute approximate surface area is 196 Å². The van der Waals surface area contributed by atoms with Gasteiger partial charge in [0.1, 0.15) is 0 Å². The summed E-state index contributed by atoms with van der Waals surface area (Å²) in [4.78, 5) is 16.3. The maximum atomic E-state index is 14.0. The summed E-state index contributed by atoms with van der Waals surface area (Å²) in [6, 6.07) is 19.5. The molecule has 0 spiro atoms. The molecule has 0 N–H and O–H groups in total. The van der Waals surface area contributed by atoms with Crippen LogP contribution in [-0.2, 0) is 20.2 Å². The number of sulfonamides is 1. The zero-order valence-electron chi connectivity index (χ0n) is 19.0. The van der Waals surface area contributed by atoms with Gasteiger partial charge in [0.15, 0.2) is 0 Å². The quantitative estimate of drug-likeness (QED) is 0.686. The Kier molecular flexibility index (Phi) is 4.97. The molecule has 4 aliphatic carbocycles. The highest BCUT2D eigenvalue weighted by Crippen LogP contribution is 2.66. The summed E-state index contributed by atoms with van der Waals surface area (Å²) in [5.74, 6) is 1.55. The van der Waals surface area contributed by atoms with E-state index in [1.807, 2.05) is 11.0 Å². The second-order valence-electron chi connectivity index (χ2n) is 10.9. The number of piperazine rings is 1. The Balaban J connectivity index is 1.21. The second-order valence-corrected chi connectivity index (χ2v) is 12.8. The maximum absolute atomic E-state index is 14.0. The highest BCUT2D eigenvalue weighted by molar-refractivity contribution is 7.89. The van der Waals surface area contributed by atoms with Crippen LogP contribution < -0.4 is 0 Å². The van der Waals surface area contributed by atoms with Crippen LogP contribution in [0.1, 0.15) is 44.1 Å². The third-order valence-electron chi connectivity index (χ3n) is 8.81. The summed E-state index contributed by atoms with van der Waals surface area (Å²) in [6.07, 6.45) is 6.68. The van der Waals surface area contributed by atoms with Crippen LogP contribution in [0.3, 0.4) is 0 Å². The topological polar surface area (TPSA) is 57.7 Å². The lowest BCUT2D eigenvalue weighted by atomic mass is 9.42. The van der Waals surface area contributed by atoms with Gasteiger partial charge in [0.05, 0.1) is 10.3 Å². The Morgan fingerprint density at radius 1 is 0.788 bits per heavy atom. The number of carbonyl (C=O) groups is 1. The minimum atomic E-state index is -3.51. The number of carbonyl (C=O) groups excluding carboxylic acids is 1. The molecule has 5 nitrogen and oxygen atoms in total. The SMILES string of the molecule is O=C(N1CCN(S(=O)(=O)c2ccccc2)CC1)C12C[C@@H]3C[C@@H](C1)CC(c1ccccc1)(C3)C2. The molecule has 1 saturated heterocycles. The zero-order valence-corrected chi connectivity index (χ0v) is 19.8. The number of hydrogen-bond donors (Lipinski definition) is 0. The fraction of sp³-hybridized carbons (Fsp3) is 0.519. The van der Waals surface area contributed by atoms with Crippen LogP contribution in [0.25, 0.3) is 0 Å². The number of benzene rings is 2. The highest BCUT2D eigenvalue weighted by Gasteiger charge is 2.61. The number of amides is 1. The van der Waals surface area contributed by atoms with Crippen molar-refractivity contribution in [1.82, 2.24) is 9.21 Å². The standard InChI is InChI=1S/C27H32N2O3S/c30-25(28-11-13-29(14-12-28)33(31,32)24-9-5-2-6-10-24)27-18-21-15-22(19-27)17-26(16-21,20-27)23-7-3-1-4-8-23/h1-10,21-22H,11-20H2/t21-,22-,26?,27?/m1/s1. The molecule has 33 heavy (non-hydrogen) atoms. The van der Waals surface area contributed by atoms with Crippen molar-refractivity contribution in [1.29, 1.82) is 0 Å². The minimum Gasteiger partial charge on any atom is -0.340 e. The molecule has 174 valence electrons. The third-order valence-corrected chi connectivity index (χ3v) is 10.7. The molecule has 1 heterocycles. The van der Waals surface area contributed by atoms with Gasteiger partial charge in [0.25, 0.3) is 0 Å². The minimum absolute atomic E-state index is 0.138. The van der Waals surface area contributed by atoms with Crippen LogP contribution in [-0.4, -0.2) is 49.7 Å². The van der Waals surface area contributed by atoms with Crippen LogP contribution in [0, 0.1) is 17.3 Å². The summed E-state index contributed by atoms with van der Waals surface area (Å²) in [6.45, 7) is 1.71. The molecule has 6 heteroatoms. The van der Waals surface area contributed by atoms with Gasteiger partial charge in [-0.2, -0.15) is 4.31 Å². The van der Waals surface area contributed by atoms with Gasteiger partial charge in [-0.1, -0.05) is 48.5 Å². The van der Waals surface area contributed by atoms with E-state index in [-0.39, 0.29) is 16.7 Å². The van der Waals surface area contributed by atoms with Crippen molar-refractivity contribution in [3.8, 4) is 0 Å². The molecule has 1 amide bonds. The summed E-state index contributed by atoms with van der Waals surface area (Å²) < 4.78 is 27.6. The Hall–Kier alpha value is -2.18. The van der Waals surface area contributed by atoms with E-state index in [9.17, 15) is 13.2 Å². The van der Waals surface area contributed by atoms with Crippen LogP contribution in [0.15, 0.2) is 65.6 Å². The van der Waals surface area contributed by atoms with Crippen molar-refractivity contribution >= 4 is 15.9 Å². The zero-order chi connectivity index (χ0) is 22.7. The van der Waals surface area contributed by atoms with Crippen molar-refractivity contribution in [2.45, 2.75) is 48.8 Å². The first-order chi connectivity index (χ1) is 15.9. The first-order valence-corrected chi connectivity index (χ1v) is 13.7. The van der Waals surface area contributed by atoms with E-state index in [2.05, 4.69) is 30.3 Å². The average Bonchev–Trinajstić information content (AvgIpc) is 2.84. The lowest BCUT2D eigenvalue weighted by molar-refractivity contribution is -0.161. The van der Waals surface area contributed by atoms with Crippen LogP contribution in [0.2, 0.25) is 0 Å². The first-order valence-electron chi connectivity index (χ1n) is 12.3. The van der Waals surface area contributed by atoms with Crippen LogP contribution in [0.5, 0.6) is 0 Å². The van der Waals surface area contributed by atoms with Gasteiger partial charge in [-0.25, -0.2) is 8.42 Å². The molecule has 2 atom stereocenters. The average molecular weight is 465 g/mol. The number of hydrogen-bond acceptors (Lipinski definition) is 3. The summed E-state index contributed by atoms with van der Waals surface area (Å²) in [5.41, 5.74) is 1.29. The second kappa shape index (κ2) is 7.67. The predicted octanol–water partition coefficient (Wildman–Crippen LogP) is 4.06. The predicted molar refractivity (Wildman–Crippen MR) is 127 cm³/mol. The van der Waals surface area contributed by atoms with Gasteiger partial charge in [0, 0.05) is 26.2 Å². The summed E-state index contributed by atoms with van der Waals surface area (Å²) in [5, 5.41) is 0. The van der Waals surface area contributed by atoms with E-state index in [1.165, 1.54) is 29.1 Å². The van der Waals surface area contributed by atoms with Crippen molar-refractivity contribution < 1.29 is 13.2 Å². The van der Waals surface area contributed by atoms with Gasteiger partial charge in [-0.05, 0) is 73.5 Å². The third kappa shape index (κ3) is 3.45. The first kappa shape index (κ1) is 21.4. The largest absolute Gasteiger partial charge is 0.340 e. The van der Waals surface area contributed by atoms with Crippen molar-refractivity contribution in [3.05, 3.63) is 66.2 Å². The normalized spacial score (nSPS) is 33.9. The fourth-order valence-electron chi connectivity index (χ4n) is 7.85. The van der Waals surface area contributed by atoms with Gasteiger partial charge < -0.3 is 4.90 Å². The van der Waals surface area contributed by atoms with E-state index in [0.717, 1.165) is 19.3 Å². The highest BCUT2D eigenvalue weighted by atomic mass is 32.2.